The first-order valence-corrected chi connectivity index (χ1v) is 25.6. The molecule has 0 amide bonds. The quantitative estimate of drug-likeness (QED) is 0.0750. The van der Waals surface area contributed by atoms with Crippen molar-refractivity contribution < 1.29 is 55.6 Å². The van der Waals surface area contributed by atoms with E-state index in [1.807, 2.05) is 12.1 Å². The van der Waals surface area contributed by atoms with Gasteiger partial charge in [-0.05, 0) is 147 Å². The van der Waals surface area contributed by atoms with Gasteiger partial charge in [-0.25, -0.2) is 36.3 Å². The fourth-order valence-electron chi connectivity index (χ4n) is 11.6. The van der Waals surface area contributed by atoms with Crippen molar-refractivity contribution in [3.63, 3.8) is 0 Å². The summed E-state index contributed by atoms with van der Waals surface area (Å²) in [5.41, 5.74) is 9.78. The smallest absolute Gasteiger partial charge is 0.185 e. The highest BCUT2D eigenvalue weighted by Gasteiger charge is 2.39. The lowest BCUT2D eigenvalue weighted by atomic mass is 9.75. The van der Waals surface area contributed by atoms with Crippen molar-refractivity contribution in [2.45, 2.75) is 127 Å². The zero-order valence-corrected chi connectivity index (χ0v) is 42.6. The molecular weight excluding hydrogens is 991 g/mol. The second-order valence-electron chi connectivity index (χ2n) is 21.5. The predicted octanol–water partition coefficient (Wildman–Crippen LogP) is 10.4. The highest BCUT2D eigenvalue weighted by molar-refractivity contribution is 5.97. The maximum absolute atomic E-state index is 15.4. The maximum Gasteiger partial charge on any atom is 0.185 e. The Morgan fingerprint density at radius 3 is 1.37 bits per heavy atom. The SMILES string of the molecule is C[C@@H]1C[C@H](N)C[C@H](c2ccncc2CC(=O)c2ccc(F)c(-c3c(F)cc4c(c3F)OCC[C@@]4(C)O)n2)C1.C[C@@H]1C[C@H](N)C[C@H](c2ccncc2CC(=O)c2ccc(F)c(-c3c(F)cc4c(c3F)OCC[C@]4(C)O)n2)C1. The molecule has 6 N–H and O–H groups in total. The van der Waals surface area contributed by atoms with E-state index in [9.17, 15) is 28.6 Å². The van der Waals surface area contributed by atoms with E-state index in [0.29, 0.717) is 11.8 Å². The van der Waals surface area contributed by atoms with E-state index >= 15 is 17.6 Å². The summed E-state index contributed by atoms with van der Waals surface area (Å²) in [5, 5.41) is 21.1. The van der Waals surface area contributed by atoms with Gasteiger partial charge in [0.15, 0.2) is 34.7 Å². The second-order valence-corrected chi connectivity index (χ2v) is 21.5. The van der Waals surface area contributed by atoms with E-state index in [2.05, 4.69) is 33.8 Å². The molecule has 0 spiro atoms. The molecule has 76 heavy (non-hydrogen) atoms. The first-order chi connectivity index (χ1) is 36.1. The fourth-order valence-corrected chi connectivity index (χ4v) is 11.6. The zero-order valence-electron chi connectivity index (χ0n) is 42.6. The molecule has 2 saturated carbocycles. The Balaban J connectivity index is 0.000000186. The number of rotatable bonds is 10. The van der Waals surface area contributed by atoms with Gasteiger partial charge in [0, 0.05) is 73.7 Å². The molecule has 400 valence electrons. The number of fused-ring (bicyclic) bond motifs is 2. The van der Waals surface area contributed by atoms with Gasteiger partial charge < -0.3 is 31.2 Å². The largest absolute Gasteiger partial charge is 0.490 e. The monoisotopic (exact) mass is 1050 g/mol. The Labute approximate surface area is 436 Å². The number of nitrogens with two attached hydrogens (primary N) is 2. The first-order valence-electron chi connectivity index (χ1n) is 25.6. The summed E-state index contributed by atoms with van der Waals surface area (Å²) >= 11 is 0. The molecule has 4 aromatic heterocycles. The molecule has 8 atom stereocenters. The maximum atomic E-state index is 15.4. The highest BCUT2D eigenvalue weighted by Crippen LogP contribution is 2.46. The van der Waals surface area contributed by atoms with Crippen LogP contribution in [0.3, 0.4) is 0 Å². The van der Waals surface area contributed by atoms with E-state index in [1.54, 1.807) is 24.8 Å². The highest BCUT2D eigenvalue weighted by atomic mass is 19.2. The van der Waals surface area contributed by atoms with Crippen molar-refractivity contribution in [3.8, 4) is 34.0 Å². The molecule has 0 saturated heterocycles. The minimum atomic E-state index is -1.50. The van der Waals surface area contributed by atoms with Gasteiger partial charge in [0.05, 0.1) is 35.5 Å². The summed E-state index contributed by atoms with van der Waals surface area (Å²) in [4.78, 5) is 43.0. The van der Waals surface area contributed by atoms with E-state index in [4.69, 9.17) is 20.9 Å². The van der Waals surface area contributed by atoms with Crippen LogP contribution in [0, 0.1) is 46.7 Å². The summed E-state index contributed by atoms with van der Waals surface area (Å²) in [7, 11) is 0. The van der Waals surface area contributed by atoms with Crippen LogP contribution in [0.5, 0.6) is 11.5 Å². The number of pyridine rings is 4. The topological polar surface area (TPSA) is 197 Å². The number of aliphatic hydroxyl groups is 2. The number of hydrogen-bond donors (Lipinski definition) is 4. The number of ether oxygens (including phenoxy) is 2. The molecular formula is C58H60F6N6O6. The van der Waals surface area contributed by atoms with Crippen LogP contribution >= 0.6 is 0 Å². The molecule has 6 aromatic rings. The van der Waals surface area contributed by atoms with Crippen LogP contribution in [0.15, 0.2) is 73.3 Å². The van der Waals surface area contributed by atoms with E-state index in [0.717, 1.165) is 85.0 Å². The minimum Gasteiger partial charge on any atom is -0.490 e. The lowest BCUT2D eigenvalue weighted by Crippen LogP contribution is -2.31. The van der Waals surface area contributed by atoms with Crippen LogP contribution in [0.2, 0.25) is 0 Å². The molecule has 0 bridgehead atoms. The number of Topliss-reactive ketones (excluding diaryl/α,β-unsaturated/α-hetero) is 2. The van der Waals surface area contributed by atoms with Crippen LogP contribution in [-0.4, -0.2) is 67.0 Å². The van der Waals surface area contributed by atoms with Gasteiger partial charge in [-0.2, -0.15) is 0 Å². The third kappa shape index (κ3) is 11.1. The Kier molecular flexibility index (Phi) is 15.5. The Morgan fingerprint density at radius 2 is 0.987 bits per heavy atom. The van der Waals surface area contributed by atoms with E-state index in [1.165, 1.54) is 26.0 Å². The Bertz CT molecular complexity index is 2980. The number of ketones is 2. The van der Waals surface area contributed by atoms with E-state index < -0.39 is 80.2 Å². The number of hydrogen-bond acceptors (Lipinski definition) is 12. The number of carbonyl (C=O) groups excluding carboxylic acids is 2. The summed E-state index contributed by atoms with van der Waals surface area (Å²) in [6, 6.07) is 10.2. The summed E-state index contributed by atoms with van der Waals surface area (Å²) in [6.07, 6.45) is 12.2. The van der Waals surface area contributed by atoms with Crippen molar-refractivity contribution in [3.05, 3.63) is 153 Å². The molecule has 2 aromatic carbocycles. The standard InChI is InChI=1S/2C29H30F3N3O3/c2*1-15-9-16(11-18(33)10-15)19-5-7-34-14-17(19)12-24(36)23-4-3-21(30)27(35-23)25-22(31)13-20-28(26(25)32)38-8-6-29(20,2)37/h2*3-5,7,13-16,18,37H,6,8-12,33H2,1-2H3/t15-,16+,18-,29+;15-,16+,18-,29-/m00/s1. The number of benzene rings is 2. The molecule has 10 rings (SSSR count). The normalized spacial score (nSPS) is 25.0. The van der Waals surface area contributed by atoms with Crippen molar-refractivity contribution in [2.75, 3.05) is 13.2 Å². The average Bonchev–Trinajstić information content (AvgIpc) is 3.39. The molecule has 2 aliphatic heterocycles. The Morgan fingerprint density at radius 1 is 0.592 bits per heavy atom. The average molecular weight is 1050 g/mol. The van der Waals surface area contributed by atoms with Gasteiger partial charge >= 0.3 is 0 Å². The number of halogens is 6. The van der Waals surface area contributed by atoms with Crippen LogP contribution in [0.1, 0.15) is 145 Å². The number of nitrogens with zero attached hydrogens (tertiary/aromatic N) is 4. The summed E-state index contributed by atoms with van der Waals surface area (Å²) in [5.74, 6) is -6.85. The molecule has 2 fully saturated rings. The number of carbonyl (C=O) groups is 2. The molecule has 12 nitrogen and oxygen atoms in total. The van der Waals surface area contributed by atoms with Crippen LogP contribution in [0.25, 0.3) is 22.5 Å². The minimum absolute atomic E-state index is 0.00848. The molecule has 0 radical (unpaired) electrons. The van der Waals surface area contributed by atoms with Gasteiger partial charge in [-0.15, -0.1) is 0 Å². The van der Waals surface area contributed by atoms with Crippen LogP contribution in [0.4, 0.5) is 26.3 Å². The van der Waals surface area contributed by atoms with Crippen LogP contribution in [-0.2, 0) is 24.0 Å². The van der Waals surface area contributed by atoms with Gasteiger partial charge in [-0.1, -0.05) is 13.8 Å². The van der Waals surface area contributed by atoms with Crippen LogP contribution < -0.4 is 20.9 Å². The molecule has 2 aliphatic carbocycles. The second kappa shape index (κ2) is 21.8. The molecule has 0 unspecified atom stereocenters. The van der Waals surface area contributed by atoms with Gasteiger partial charge in [-0.3, -0.25) is 19.6 Å². The Hall–Kier alpha value is -6.60. The first kappa shape index (κ1) is 54.2. The van der Waals surface area contributed by atoms with E-state index in [-0.39, 0.29) is 96.8 Å². The lowest BCUT2D eigenvalue weighted by molar-refractivity contribution is 0.0122. The van der Waals surface area contributed by atoms with Gasteiger partial charge in [0.1, 0.15) is 46.0 Å². The van der Waals surface area contributed by atoms with Crippen molar-refractivity contribution >= 4 is 11.6 Å². The third-order valence-corrected chi connectivity index (χ3v) is 15.3. The predicted molar refractivity (Wildman–Crippen MR) is 270 cm³/mol. The van der Waals surface area contributed by atoms with Crippen molar-refractivity contribution in [1.82, 2.24) is 19.9 Å². The molecule has 6 heterocycles. The van der Waals surface area contributed by atoms with Gasteiger partial charge in [0.25, 0.3) is 0 Å². The molecule has 18 heteroatoms. The lowest BCUT2D eigenvalue weighted by Gasteiger charge is -2.32. The number of aromatic nitrogens is 4. The van der Waals surface area contributed by atoms with Gasteiger partial charge in [0.2, 0.25) is 0 Å². The molecule has 4 aliphatic rings. The fraction of sp³-hybridized carbons (Fsp3) is 0.414. The third-order valence-electron chi connectivity index (χ3n) is 15.3. The van der Waals surface area contributed by atoms with Crippen molar-refractivity contribution in [2.24, 2.45) is 23.3 Å². The zero-order chi connectivity index (χ0) is 54.4. The van der Waals surface area contributed by atoms with Crippen molar-refractivity contribution in [1.29, 1.82) is 0 Å². The summed E-state index contributed by atoms with van der Waals surface area (Å²) in [6.45, 7) is 7.20. The summed E-state index contributed by atoms with van der Waals surface area (Å²) < 4.78 is 102.